The van der Waals surface area contributed by atoms with Crippen LogP contribution in [0, 0.1) is 0 Å². The average molecular weight is 395 g/mol. The van der Waals surface area contributed by atoms with E-state index < -0.39 is 0 Å². The van der Waals surface area contributed by atoms with Crippen molar-refractivity contribution >= 4 is 11.7 Å². The first-order valence-electron chi connectivity index (χ1n) is 9.73. The number of benzene rings is 1. The summed E-state index contributed by atoms with van der Waals surface area (Å²) in [5.74, 6) is 1.60. The van der Waals surface area contributed by atoms with Gasteiger partial charge in [0.2, 0.25) is 0 Å². The lowest BCUT2D eigenvalue weighted by atomic mass is 10.0. The molecule has 2 heterocycles. The zero-order valence-electron chi connectivity index (χ0n) is 16.7. The van der Waals surface area contributed by atoms with Gasteiger partial charge >= 0.3 is 0 Å². The highest BCUT2D eigenvalue weighted by Gasteiger charge is 2.28. The molecule has 29 heavy (non-hydrogen) atoms. The standard InChI is InChI=1S/C22H25N3O4/c1-25-9-8-21(24-25)23-22(26)16-10-19(28-13-15-6-4-3-5-7-15)18-12-17(14-27-2)29-20(18)11-16/h3-4,6,8-11,17H,5,7,12-14H2,1-2H3,(H,23,24,26). The topological polar surface area (TPSA) is 74.6 Å². The van der Waals surface area contributed by atoms with E-state index in [9.17, 15) is 4.79 Å². The van der Waals surface area contributed by atoms with Gasteiger partial charge in [-0.3, -0.25) is 9.48 Å². The number of nitrogens with one attached hydrogen (secondary N) is 1. The summed E-state index contributed by atoms with van der Waals surface area (Å²) in [5, 5.41) is 7.01. The number of aryl methyl sites for hydroxylation is 1. The molecule has 2 aromatic rings. The van der Waals surface area contributed by atoms with Crippen LogP contribution in [0.3, 0.4) is 0 Å². The number of allylic oxidation sites excluding steroid dienone is 3. The van der Waals surface area contributed by atoms with Crippen molar-refractivity contribution in [3.63, 3.8) is 0 Å². The van der Waals surface area contributed by atoms with Crippen LogP contribution < -0.4 is 14.8 Å². The molecular formula is C22H25N3O4. The Balaban J connectivity index is 1.57. The van der Waals surface area contributed by atoms with Gasteiger partial charge in [0.25, 0.3) is 5.91 Å². The van der Waals surface area contributed by atoms with Crippen LogP contribution in [0.15, 0.2) is 48.2 Å². The molecule has 0 fully saturated rings. The van der Waals surface area contributed by atoms with Gasteiger partial charge < -0.3 is 19.5 Å². The predicted molar refractivity (Wildman–Crippen MR) is 110 cm³/mol. The van der Waals surface area contributed by atoms with Gasteiger partial charge in [-0.15, -0.1) is 0 Å². The van der Waals surface area contributed by atoms with Crippen LogP contribution in [-0.2, 0) is 18.2 Å². The normalized spacial score (nSPS) is 17.4. The summed E-state index contributed by atoms with van der Waals surface area (Å²) >= 11 is 0. The van der Waals surface area contributed by atoms with Gasteiger partial charge in [0, 0.05) is 44.0 Å². The van der Waals surface area contributed by atoms with Crippen LogP contribution >= 0.6 is 0 Å². The molecule has 1 aliphatic carbocycles. The van der Waals surface area contributed by atoms with Crippen molar-refractivity contribution in [2.24, 2.45) is 7.05 Å². The molecule has 0 saturated heterocycles. The van der Waals surface area contributed by atoms with Crippen LogP contribution in [0.5, 0.6) is 11.5 Å². The summed E-state index contributed by atoms with van der Waals surface area (Å²) < 4.78 is 19.0. The first-order valence-corrected chi connectivity index (χ1v) is 9.73. The number of hydrogen-bond acceptors (Lipinski definition) is 5. The van der Waals surface area contributed by atoms with Gasteiger partial charge in [0.1, 0.15) is 24.2 Å². The second kappa shape index (κ2) is 8.53. The number of nitrogens with zero attached hydrogens (tertiary/aromatic N) is 2. The Labute approximate surface area is 170 Å². The second-order valence-electron chi connectivity index (χ2n) is 7.26. The van der Waals surface area contributed by atoms with Crippen LogP contribution in [0.2, 0.25) is 0 Å². The lowest BCUT2D eigenvalue weighted by Gasteiger charge is -2.14. The molecule has 4 rings (SSSR count). The lowest BCUT2D eigenvalue weighted by molar-refractivity contribution is 0.0948. The summed E-state index contributed by atoms with van der Waals surface area (Å²) in [4.78, 5) is 12.8. The van der Waals surface area contributed by atoms with E-state index in [1.165, 1.54) is 5.57 Å². The molecule has 1 aliphatic heterocycles. The number of carbonyl (C=O) groups excluding carboxylic acids is 1. The maximum absolute atomic E-state index is 12.8. The Morgan fingerprint density at radius 1 is 1.41 bits per heavy atom. The van der Waals surface area contributed by atoms with E-state index in [-0.39, 0.29) is 12.0 Å². The third-order valence-corrected chi connectivity index (χ3v) is 4.98. The minimum Gasteiger partial charge on any atom is -0.489 e. The van der Waals surface area contributed by atoms with Crippen LogP contribution in [0.25, 0.3) is 0 Å². The summed E-state index contributed by atoms with van der Waals surface area (Å²) in [6, 6.07) is 5.30. The van der Waals surface area contributed by atoms with Crippen molar-refractivity contribution in [3.05, 3.63) is 59.3 Å². The SMILES string of the molecule is COCC1Cc2c(OCC3=CC=CCC3)cc(C(=O)Nc3ccn(C)n3)cc2O1. The quantitative estimate of drug-likeness (QED) is 0.779. The molecule has 1 aromatic carbocycles. The number of fused-ring (bicyclic) bond motifs is 1. The number of anilines is 1. The largest absolute Gasteiger partial charge is 0.489 e. The lowest BCUT2D eigenvalue weighted by Crippen LogP contribution is -2.19. The minimum atomic E-state index is -0.255. The Bertz CT molecular complexity index is 961. The third kappa shape index (κ3) is 4.51. The van der Waals surface area contributed by atoms with E-state index in [4.69, 9.17) is 14.2 Å². The fourth-order valence-electron chi connectivity index (χ4n) is 3.53. The molecule has 1 N–H and O–H groups in total. The maximum atomic E-state index is 12.8. The van der Waals surface area contributed by atoms with Crippen molar-refractivity contribution in [1.29, 1.82) is 0 Å². The average Bonchev–Trinajstić information content (AvgIpc) is 3.32. The van der Waals surface area contributed by atoms with E-state index in [0.29, 0.717) is 42.5 Å². The molecule has 7 nitrogen and oxygen atoms in total. The Morgan fingerprint density at radius 2 is 2.31 bits per heavy atom. The van der Waals surface area contributed by atoms with E-state index in [1.54, 1.807) is 43.2 Å². The van der Waals surface area contributed by atoms with Gasteiger partial charge in [-0.05, 0) is 30.5 Å². The molecule has 152 valence electrons. The van der Waals surface area contributed by atoms with Gasteiger partial charge in [-0.25, -0.2) is 0 Å². The number of rotatable bonds is 7. The first kappa shape index (κ1) is 19.3. The Hall–Kier alpha value is -3.06. The molecule has 1 amide bonds. The molecule has 1 aromatic heterocycles. The Kier molecular flexibility index (Phi) is 5.67. The number of carbonyl (C=O) groups is 1. The zero-order chi connectivity index (χ0) is 20.2. The zero-order valence-corrected chi connectivity index (χ0v) is 16.7. The molecule has 1 unspecified atom stereocenters. The van der Waals surface area contributed by atoms with Crippen LogP contribution in [0.4, 0.5) is 5.82 Å². The van der Waals surface area contributed by atoms with E-state index >= 15 is 0 Å². The molecular weight excluding hydrogens is 370 g/mol. The number of hydrogen-bond donors (Lipinski definition) is 1. The highest BCUT2D eigenvalue weighted by Crippen LogP contribution is 2.38. The number of aromatic nitrogens is 2. The molecule has 7 heteroatoms. The predicted octanol–water partition coefficient (Wildman–Crippen LogP) is 3.28. The highest BCUT2D eigenvalue weighted by molar-refractivity contribution is 6.04. The molecule has 0 saturated carbocycles. The number of ether oxygens (including phenoxy) is 3. The summed E-state index contributed by atoms with van der Waals surface area (Å²) in [6.07, 6.45) is 10.7. The number of methoxy groups -OCH3 is 1. The third-order valence-electron chi connectivity index (χ3n) is 4.98. The maximum Gasteiger partial charge on any atom is 0.257 e. The van der Waals surface area contributed by atoms with Crippen LogP contribution in [-0.4, -0.2) is 42.1 Å². The van der Waals surface area contributed by atoms with Gasteiger partial charge in [-0.1, -0.05) is 18.2 Å². The van der Waals surface area contributed by atoms with Gasteiger partial charge in [-0.2, -0.15) is 5.10 Å². The summed E-state index contributed by atoms with van der Waals surface area (Å²) in [6.45, 7) is 0.983. The fourth-order valence-corrected chi connectivity index (χ4v) is 3.53. The smallest absolute Gasteiger partial charge is 0.257 e. The molecule has 1 atom stereocenters. The fraction of sp³-hybridized carbons (Fsp3) is 0.364. The van der Waals surface area contributed by atoms with Gasteiger partial charge in [0.05, 0.1) is 6.61 Å². The van der Waals surface area contributed by atoms with Crippen molar-refractivity contribution < 1.29 is 19.0 Å². The first-order chi connectivity index (χ1) is 14.1. The summed E-state index contributed by atoms with van der Waals surface area (Å²) in [7, 11) is 3.45. The van der Waals surface area contributed by atoms with E-state index in [1.807, 2.05) is 0 Å². The number of amides is 1. The van der Waals surface area contributed by atoms with E-state index in [0.717, 1.165) is 18.4 Å². The molecule has 0 radical (unpaired) electrons. The van der Waals surface area contributed by atoms with Gasteiger partial charge in [0.15, 0.2) is 5.82 Å². The van der Waals surface area contributed by atoms with Crippen molar-refractivity contribution in [2.75, 3.05) is 25.6 Å². The Morgan fingerprint density at radius 3 is 3.03 bits per heavy atom. The summed E-state index contributed by atoms with van der Waals surface area (Å²) in [5.41, 5.74) is 2.69. The second-order valence-corrected chi connectivity index (χ2v) is 7.26. The van der Waals surface area contributed by atoms with Crippen molar-refractivity contribution in [2.45, 2.75) is 25.4 Å². The molecule has 2 aliphatic rings. The van der Waals surface area contributed by atoms with E-state index in [2.05, 4.69) is 28.6 Å². The van der Waals surface area contributed by atoms with Crippen molar-refractivity contribution in [3.8, 4) is 11.5 Å². The molecule has 0 spiro atoms. The van der Waals surface area contributed by atoms with Crippen molar-refractivity contribution in [1.82, 2.24) is 9.78 Å². The minimum absolute atomic E-state index is 0.0803. The molecule has 0 bridgehead atoms. The highest BCUT2D eigenvalue weighted by atomic mass is 16.5. The monoisotopic (exact) mass is 395 g/mol. The van der Waals surface area contributed by atoms with Crippen LogP contribution in [0.1, 0.15) is 28.8 Å².